The second-order valence-corrected chi connectivity index (χ2v) is 6.50. The van der Waals surface area contributed by atoms with Gasteiger partial charge >= 0.3 is 0 Å². The van der Waals surface area contributed by atoms with Crippen LogP contribution >= 0.6 is 0 Å². The standard InChI is InChI=1S/C22H25F/c1-2-3-4-17-5-7-18(8-6-17)19-9-11-20(12-10-19)21-13-15-22(23)16-14-21/h3-12,21-22H,2,13-16H2,1H3/t21-,22-. The van der Waals surface area contributed by atoms with E-state index < -0.39 is 6.17 Å². The molecule has 1 saturated carbocycles. The molecule has 2 aromatic carbocycles. The first-order valence-corrected chi connectivity index (χ1v) is 8.77. The third-order valence-corrected chi connectivity index (χ3v) is 4.83. The van der Waals surface area contributed by atoms with Gasteiger partial charge in [-0.05, 0) is 60.3 Å². The molecule has 0 amide bonds. The molecular weight excluding hydrogens is 283 g/mol. The van der Waals surface area contributed by atoms with Gasteiger partial charge in [0.1, 0.15) is 6.17 Å². The highest BCUT2D eigenvalue weighted by molar-refractivity contribution is 5.66. The second-order valence-electron chi connectivity index (χ2n) is 6.50. The van der Waals surface area contributed by atoms with Gasteiger partial charge in [0.15, 0.2) is 0 Å². The normalized spacial score (nSPS) is 21.7. The molecule has 0 spiro atoms. The highest BCUT2D eigenvalue weighted by Crippen LogP contribution is 2.34. The van der Waals surface area contributed by atoms with Crippen molar-refractivity contribution in [2.45, 2.75) is 51.1 Å². The summed E-state index contributed by atoms with van der Waals surface area (Å²) >= 11 is 0. The fourth-order valence-corrected chi connectivity index (χ4v) is 3.37. The van der Waals surface area contributed by atoms with Crippen LogP contribution < -0.4 is 0 Å². The van der Waals surface area contributed by atoms with Gasteiger partial charge in [-0.1, -0.05) is 67.6 Å². The molecule has 3 rings (SSSR count). The lowest BCUT2D eigenvalue weighted by atomic mass is 9.83. The molecule has 1 heteroatoms. The molecular formula is C22H25F. The van der Waals surface area contributed by atoms with Gasteiger partial charge in [0.2, 0.25) is 0 Å². The van der Waals surface area contributed by atoms with Crippen LogP contribution in [0.1, 0.15) is 56.1 Å². The Bertz CT molecular complexity index is 629. The van der Waals surface area contributed by atoms with Crippen LogP contribution in [0.2, 0.25) is 0 Å². The van der Waals surface area contributed by atoms with Crippen LogP contribution in [0.4, 0.5) is 4.39 Å². The number of allylic oxidation sites excluding steroid dienone is 1. The van der Waals surface area contributed by atoms with Crippen LogP contribution in [0, 0.1) is 0 Å². The van der Waals surface area contributed by atoms with Gasteiger partial charge in [-0.15, -0.1) is 0 Å². The predicted octanol–water partition coefficient (Wildman–Crippen LogP) is 6.77. The van der Waals surface area contributed by atoms with Crippen molar-refractivity contribution in [3.8, 4) is 11.1 Å². The van der Waals surface area contributed by atoms with E-state index in [4.69, 9.17) is 0 Å². The van der Waals surface area contributed by atoms with Crippen molar-refractivity contribution < 1.29 is 4.39 Å². The summed E-state index contributed by atoms with van der Waals surface area (Å²) in [6, 6.07) is 17.5. The van der Waals surface area contributed by atoms with Crippen LogP contribution in [0.3, 0.4) is 0 Å². The molecule has 2 aromatic rings. The van der Waals surface area contributed by atoms with Crippen LogP contribution in [-0.2, 0) is 0 Å². The van der Waals surface area contributed by atoms with Gasteiger partial charge in [-0.3, -0.25) is 0 Å². The zero-order valence-corrected chi connectivity index (χ0v) is 13.8. The first-order chi connectivity index (χ1) is 11.3. The smallest absolute Gasteiger partial charge is 0.100 e. The molecule has 120 valence electrons. The monoisotopic (exact) mass is 308 g/mol. The molecule has 0 radical (unpaired) electrons. The van der Waals surface area contributed by atoms with E-state index in [0.717, 1.165) is 32.1 Å². The first-order valence-electron chi connectivity index (χ1n) is 8.77. The molecule has 1 aliphatic rings. The van der Waals surface area contributed by atoms with E-state index in [1.165, 1.54) is 22.3 Å². The van der Waals surface area contributed by atoms with Crippen LogP contribution in [0.15, 0.2) is 54.6 Å². The number of hydrogen-bond donors (Lipinski definition) is 0. The SMILES string of the molecule is CCC=Cc1ccc(-c2ccc([C@H]3CC[C@H](F)CC3)cc2)cc1. The maximum Gasteiger partial charge on any atom is 0.100 e. The largest absolute Gasteiger partial charge is 0.247 e. The Morgan fingerprint density at radius 3 is 2.00 bits per heavy atom. The van der Waals surface area contributed by atoms with Gasteiger partial charge in [0.05, 0.1) is 0 Å². The topological polar surface area (TPSA) is 0 Å². The van der Waals surface area contributed by atoms with E-state index in [9.17, 15) is 4.39 Å². The summed E-state index contributed by atoms with van der Waals surface area (Å²) in [4.78, 5) is 0. The molecule has 1 aliphatic carbocycles. The highest BCUT2D eigenvalue weighted by atomic mass is 19.1. The third-order valence-electron chi connectivity index (χ3n) is 4.83. The van der Waals surface area contributed by atoms with E-state index in [0.29, 0.717) is 5.92 Å². The van der Waals surface area contributed by atoms with Gasteiger partial charge in [0, 0.05) is 0 Å². The maximum atomic E-state index is 13.3. The lowest BCUT2D eigenvalue weighted by Crippen LogP contribution is -2.13. The van der Waals surface area contributed by atoms with Gasteiger partial charge in [-0.25, -0.2) is 4.39 Å². The summed E-state index contributed by atoms with van der Waals surface area (Å²) in [6.07, 6.45) is 8.24. The van der Waals surface area contributed by atoms with Crippen molar-refractivity contribution in [3.05, 3.63) is 65.7 Å². The molecule has 0 N–H and O–H groups in total. The maximum absolute atomic E-state index is 13.3. The molecule has 0 heterocycles. The zero-order valence-electron chi connectivity index (χ0n) is 13.8. The summed E-state index contributed by atoms with van der Waals surface area (Å²) < 4.78 is 13.3. The van der Waals surface area contributed by atoms with Crippen LogP contribution in [-0.4, -0.2) is 6.17 Å². The number of halogens is 1. The van der Waals surface area contributed by atoms with Gasteiger partial charge in [0.25, 0.3) is 0 Å². The molecule has 0 atom stereocenters. The summed E-state index contributed by atoms with van der Waals surface area (Å²) in [5.41, 5.74) is 5.11. The third kappa shape index (κ3) is 4.10. The average molecular weight is 308 g/mol. The Balaban J connectivity index is 1.70. The van der Waals surface area contributed by atoms with E-state index in [-0.39, 0.29) is 0 Å². The molecule has 0 aromatic heterocycles. The minimum Gasteiger partial charge on any atom is -0.247 e. The minimum absolute atomic E-state index is 0.539. The lowest BCUT2D eigenvalue weighted by molar-refractivity contribution is 0.235. The van der Waals surface area contributed by atoms with Gasteiger partial charge in [-0.2, -0.15) is 0 Å². The van der Waals surface area contributed by atoms with Crippen molar-refractivity contribution in [3.63, 3.8) is 0 Å². The Morgan fingerprint density at radius 2 is 1.43 bits per heavy atom. The Hall–Kier alpha value is -1.89. The quantitative estimate of drug-likeness (QED) is 0.584. The van der Waals surface area contributed by atoms with E-state index in [1.807, 2.05) is 0 Å². The number of benzene rings is 2. The molecule has 0 unspecified atom stereocenters. The van der Waals surface area contributed by atoms with E-state index >= 15 is 0 Å². The number of rotatable bonds is 4. The summed E-state index contributed by atoms with van der Waals surface area (Å²) in [5.74, 6) is 0.539. The van der Waals surface area contributed by atoms with Crippen molar-refractivity contribution >= 4 is 6.08 Å². The Morgan fingerprint density at radius 1 is 0.870 bits per heavy atom. The molecule has 1 fully saturated rings. The average Bonchev–Trinajstić information content (AvgIpc) is 2.61. The van der Waals surface area contributed by atoms with Crippen molar-refractivity contribution in [2.24, 2.45) is 0 Å². The second kappa shape index (κ2) is 7.59. The summed E-state index contributed by atoms with van der Waals surface area (Å²) in [6.45, 7) is 2.15. The van der Waals surface area contributed by atoms with Crippen molar-refractivity contribution in [1.29, 1.82) is 0 Å². The molecule has 0 saturated heterocycles. The van der Waals surface area contributed by atoms with E-state index in [1.54, 1.807) is 0 Å². The highest BCUT2D eigenvalue weighted by Gasteiger charge is 2.21. The predicted molar refractivity (Wildman–Crippen MR) is 97.3 cm³/mol. The van der Waals surface area contributed by atoms with Crippen LogP contribution in [0.5, 0.6) is 0 Å². The lowest BCUT2D eigenvalue weighted by Gasteiger charge is -2.24. The Labute approximate surface area is 139 Å². The van der Waals surface area contributed by atoms with E-state index in [2.05, 4.69) is 67.6 Å². The fraction of sp³-hybridized carbons (Fsp3) is 0.364. The fourth-order valence-electron chi connectivity index (χ4n) is 3.37. The van der Waals surface area contributed by atoms with Crippen molar-refractivity contribution in [1.82, 2.24) is 0 Å². The number of hydrogen-bond acceptors (Lipinski definition) is 0. The minimum atomic E-state index is -0.578. The Kier molecular flexibility index (Phi) is 5.27. The summed E-state index contributed by atoms with van der Waals surface area (Å²) in [5, 5.41) is 0. The van der Waals surface area contributed by atoms with Gasteiger partial charge < -0.3 is 0 Å². The molecule has 0 nitrogen and oxygen atoms in total. The summed E-state index contributed by atoms with van der Waals surface area (Å²) in [7, 11) is 0. The molecule has 0 aliphatic heterocycles. The first kappa shape index (κ1) is 16.0. The zero-order chi connectivity index (χ0) is 16.1. The van der Waals surface area contributed by atoms with Crippen molar-refractivity contribution in [2.75, 3.05) is 0 Å². The molecule has 23 heavy (non-hydrogen) atoms. The van der Waals surface area contributed by atoms with Crippen LogP contribution in [0.25, 0.3) is 17.2 Å². The molecule has 0 bridgehead atoms. The number of alkyl halides is 1.